The number of nitrogens with zero attached hydrogens (tertiary/aromatic N) is 2. The minimum Gasteiger partial charge on any atom is -0.357 e. The van der Waals surface area contributed by atoms with Crippen LogP contribution in [0.3, 0.4) is 0 Å². The number of anilines is 1. The van der Waals surface area contributed by atoms with E-state index in [1.54, 1.807) is 13.2 Å². The fraction of sp³-hybridized carbons (Fsp3) is 0.0769. The third kappa shape index (κ3) is 2.45. The van der Waals surface area contributed by atoms with Crippen LogP contribution in [-0.4, -0.2) is 17.0 Å². The van der Waals surface area contributed by atoms with Gasteiger partial charge < -0.3 is 5.32 Å². The minimum absolute atomic E-state index is 0.498. The Morgan fingerprint density at radius 3 is 2.65 bits per heavy atom. The molecule has 17 heavy (non-hydrogen) atoms. The van der Waals surface area contributed by atoms with E-state index in [0.717, 1.165) is 11.1 Å². The predicted molar refractivity (Wildman–Crippen MR) is 71.2 cm³/mol. The van der Waals surface area contributed by atoms with Gasteiger partial charge in [0.05, 0.1) is 16.9 Å². The van der Waals surface area contributed by atoms with Crippen molar-refractivity contribution in [3.63, 3.8) is 0 Å². The Morgan fingerprint density at radius 2 is 2.00 bits per heavy atom. The van der Waals surface area contributed by atoms with Crippen molar-refractivity contribution in [1.82, 2.24) is 9.97 Å². The van der Waals surface area contributed by atoms with Crippen LogP contribution in [0.5, 0.6) is 0 Å². The summed E-state index contributed by atoms with van der Waals surface area (Å²) in [6, 6.07) is 9.81. The Balaban J connectivity index is 2.44. The van der Waals surface area contributed by atoms with Crippen LogP contribution in [0.1, 0.15) is 11.3 Å². The Morgan fingerprint density at radius 1 is 1.29 bits per heavy atom. The molecule has 2 rings (SSSR count). The van der Waals surface area contributed by atoms with E-state index in [1.807, 2.05) is 30.3 Å². The average molecular weight is 246 g/mol. The standard InChI is InChI=1S/C13H12ClN3/c1-9(10-6-4-3-5-7-10)12-11(14)8-16-13(15-2)17-12/h3-8H,1H2,2H3,(H,15,16,17). The normalized spacial score (nSPS) is 10.0. The van der Waals surface area contributed by atoms with E-state index in [4.69, 9.17) is 11.6 Å². The van der Waals surface area contributed by atoms with E-state index < -0.39 is 0 Å². The molecule has 1 heterocycles. The highest BCUT2D eigenvalue weighted by Crippen LogP contribution is 2.26. The maximum absolute atomic E-state index is 6.08. The van der Waals surface area contributed by atoms with Crippen molar-refractivity contribution in [1.29, 1.82) is 0 Å². The number of halogens is 1. The monoisotopic (exact) mass is 245 g/mol. The predicted octanol–water partition coefficient (Wildman–Crippen LogP) is 3.23. The molecule has 86 valence electrons. The van der Waals surface area contributed by atoms with E-state index in [9.17, 15) is 0 Å². The zero-order valence-electron chi connectivity index (χ0n) is 9.44. The van der Waals surface area contributed by atoms with Gasteiger partial charge in [-0.2, -0.15) is 0 Å². The molecule has 4 heteroatoms. The molecule has 0 aliphatic rings. The van der Waals surface area contributed by atoms with E-state index in [1.165, 1.54) is 0 Å². The molecule has 0 aliphatic heterocycles. The third-order valence-electron chi connectivity index (χ3n) is 2.38. The van der Waals surface area contributed by atoms with Gasteiger partial charge in [-0.3, -0.25) is 0 Å². The first-order valence-corrected chi connectivity index (χ1v) is 5.55. The van der Waals surface area contributed by atoms with E-state index in [0.29, 0.717) is 16.7 Å². The average Bonchev–Trinajstić information content (AvgIpc) is 2.39. The van der Waals surface area contributed by atoms with Gasteiger partial charge in [0.25, 0.3) is 0 Å². The summed E-state index contributed by atoms with van der Waals surface area (Å²) in [7, 11) is 1.76. The lowest BCUT2D eigenvalue weighted by Gasteiger charge is -2.08. The first-order valence-electron chi connectivity index (χ1n) is 5.17. The number of benzene rings is 1. The zero-order chi connectivity index (χ0) is 12.3. The van der Waals surface area contributed by atoms with Crippen LogP contribution in [0.2, 0.25) is 5.02 Å². The summed E-state index contributed by atoms with van der Waals surface area (Å²) in [5, 5.41) is 3.38. The lowest BCUT2D eigenvalue weighted by molar-refractivity contribution is 1.13. The van der Waals surface area contributed by atoms with E-state index in [2.05, 4.69) is 21.9 Å². The van der Waals surface area contributed by atoms with Crippen LogP contribution in [0.4, 0.5) is 5.95 Å². The molecule has 2 aromatic rings. The van der Waals surface area contributed by atoms with Gasteiger partial charge in [-0.15, -0.1) is 0 Å². The summed E-state index contributed by atoms with van der Waals surface area (Å²) in [5.74, 6) is 0.529. The van der Waals surface area contributed by atoms with Crippen LogP contribution < -0.4 is 5.32 Å². The van der Waals surface area contributed by atoms with Gasteiger partial charge in [0, 0.05) is 12.6 Å². The largest absolute Gasteiger partial charge is 0.357 e. The molecule has 3 nitrogen and oxygen atoms in total. The quantitative estimate of drug-likeness (QED) is 0.902. The summed E-state index contributed by atoms with van der Waals surface area (Å²) in [4.78, 5) is 8.35. The van der Waals surface area contributed by atoms with Crippen LogP contribution >= 0.6 is 11.6 Å². The van der Waals surface area contributed by atoms with Crippen molar-refractivity contribution in [2.24, 2.45) is 0 Å². The summed E-state index contributed by atoms with van der Waals surface area (Å²) < 4.78 is 0. The van der Waals surface area contributed by atoms with Crippen molar-refractivity contribution < 1.29 is 0 Å². The van der Waals surface area contributed by atoms with Gasteiger partial charge in [-0.1, -0.05) is 48.5 Å². The summed E-state index contributed by atoms with van der Waals surface area (Å²) in [5.41, 5.74) is 2.43. The van der Waals surface area contributed by atoms with Crippen molar-refractivity contribution >= 4 is 23.1 Å². The Labute approximate surface area is 105 Å². The number of nitrogens with one attached hydrogen (secondary N) is 1. The molecule has 0 aliphatic carbocycles. The maximum Gasteiger partial charge on any atom is 0.223 e. The van der Waals surface area contributed by atoms with Crippen LogP contribution in [-0.2, 0) is 0 Å². The molecular formula is C13H12ClN3. The highest BCUT2D eigenvalue weighted by molar-refractivity contribution is 6.32. The molecule has 0 saturated heterocycles. The van der Waals surface area contributed by atoms with Gasteiger partial charge >= 0.3 is 0 Å². The second kappa shape index (κ2) is 4.97. The second-order valence-corrected chi connectivity index (χ2v) is 3.89. The first-order chi connectivity index (χ1) is 8.22. The molecule has 0 radical (unpaired) electrons. The minimum atomic E-state index is 0.498. The SMILES string of the molecule is C=C(c1ccccc1)c1nc(NC)ncc1Cl. The molecule has 1 N–H and O–H groups in total. The van der Waals surface area contributed by atoms with Crippen molar-refractivity contribution in [2.75, 3.05) is 12.4 Å². The molecule has 0 unspecified atom stereocenters. The lowest BCUT2D eigenvalue weighted by atomic mass is 10.0. The zero-order valence-corrected chi connectivity index (χ0v) is 10.2. The van der Waals surface area contributed by atoms with Gasteiger partial charge in [0.1, 0.15) is 0 Å². The van der Waals surface area contributed by atoms with Gasteiger partial charge in [-0.25, -0.2) is 9.97 Å². The van der Waals surface area contributed by atoms with Gasteiger partial charge in [0.2, 0.25) is 5.95 Å². The molecule has 0 atom stereocenters. The summed E-state index contributed by atoms with van der Waals surface area (Å²) in [6.45, 7) is 4.03. The number of hydrogen-bond acceptors (Lipinski definition) is 3. The molecule has 0 spiro atoms. The van der Waals surface area contributed by atoms with Crippen LogP contribution in [0.25, 0.3) is 5.57 Å². The Hall–Kier alpha value is -1.87. The molecule has 0 amide bonds. The highest BCUT2D eigenvalue weighted by Gasteiger charge is 2.09. The number of aromatic nitrogens is 2. The molecule has 0 saturated carbocycles. The van der Waals surface area contributed by atoms with Crippen LogP contribution in [0.15, 0.2) is 43.1 Å². The molecular weight excluding hydrogens is 234 g/mol. The topological polar surface area (TPSA) is 37.8 Å². The summed E-state index contributed by atoms with van der Waals surface area (Å²) in [6.07, 6.45) is 1.57. The van der Waals surface area contributed by atoms with Crippen LogP contribution in [0, 0.1) is 0 Å². The Bertz CT molecular complexity index is 538. The van der Waals surface area contributed by atoms with Gasteiger partial charge in [-0.05, 0) is 5.56 Å². The van der Waals surface area contributed by atoms with E-state index in [-0.39, 0.29) is 0 Å². The lowest BCUT2D eigenvalue weighted by Crippen LogP contribution is -2.00. The van der Waals surface area contributed by atoms with E-state index >= 15 is 0 Å². The van der Waals surface area contributed by atoms with Crippen molar-refractivity contribution in [3.05, 3.63) is 59.4 Å². The maximum atomic E-state index is 6.08. The fourth-order valence-corrected chi connectivity index (χ4v) is 1.68. The summed E-state index contributed by atoms with van der Waals surface area (Å²) >= 11 is 6.08. The number of hydrogen-bond donors (Lipinski definition) is 1. The number of rotatable bonds is 3. The third-order valence-corrected chi connectivity index (χ3v) is 2.65. The van der Waals surface area contributed by atoms with Crippen molar-refractivity contribution in [2.45, 2.75) is 0 Å². The van der Waals surface area contributed by atoms with Gasteiger partial charge in [0.15, 0.2) is 0 Å². The smallest absolute Gasteiger partial charge is 0.223 e. The molecule has 0 fully saturated rings. The fourth-order valence-electron chi connectivity index (χ4n) is 1.48. The first kappa shape index (κ1) is 11.6. The highest BCUT2D eigenvalue weighted by atomic mass is 35.5. The molecule has 1 aromatic carbocycles. The second-order valence-electron chi connectivity index (χ2n) is 3.48. The molecule has 1 aromatic heterocycles. The Kier molecular flexibility index (Phi) is 3.40. The molecule has 0 bridgehead atoms. The van der Waals surface area contributed by atoms with Crippen molar-refractivity contribution in [3.8, 4) is 0 Å².